The summed E-state index contributed by atoms with van der Waals surface area (Å²) in [5.41, 5.74) is 15.5. The molecule has 0 radical (unpaired) electrons. The fraction of sp³-hybridized carbons (Fsp3) is 0.189. The van der Waals surface area contributed by atoms with Crippen molar-refractivity contribution in [1.82, 2.24) is 15.2 Å². The van der Waals surface area contributed by atoms with Crippen molar-refractivity contribution in [2.75, 3.05) is 13.1 Å². The molecule has 0 fully saturated rings. The summed E-state index contributed by atoms with van der Waals surface area (Å²) in [7, 11) is 0. The molecule has 2 aromatic heterocycles. The molecule has 6 aromatic rings. The van der Waals surface area contributed by atoms with Gasteiger partial charge in [-0.3, -0.25) is 4.99 Å². The first kappa shape index (κ1) is 35.0. The van der Waals surface area contributed by atoms with Crippen LogP contribution in [0.15, 0.2) is 169 Å². The Morgan fingerprint density at radius 3 is 2.41 bits per heavy atom. The van der Waals surface area contributed by atoms with Gasteiger partial charge in [-0.25, -0.2) is 0 Å². The number of thiophene rings is 1. The minimum absolute atomic E-state index is 0.200. The molecule has 284 valence electrons. The Balaban J connectivity index is 1.03. The predicted molar refractivity (Wildman–Crippen MR) is 249 cm³/mol. The zero-order valence-electron chi connectivity index (χ0n) is 32.6. The molecular weight excluding hydrogens is 725 g/mol. The van der Waals surface area contributed by atoms with Crippen LogP contribution in [0.3, 0.4) is 0 Å². The number of rotatable bonds is 7. The zero-order chi connectivity index (χ0) is 38.4. The van der Waals surface area contributed by atoms with Gasteiger partial charge in [0.25, 0.3) is 0 Å². The summed E-state index contributed by atoms with van der Waals surface area (Å²) < 4.78 is 3.94. The number of nitrogens with zero attached hydrogens (tertiary/aromatic N) is 2. The van der Waals surface area contributed by atoms with E-state index in [0.717, 1.165) is 57.3 Å². The van der Waals surface area contributed by atoms with Gasteiger partial charge in [-0.15, -0.1) is 11.3 Å². The Morgan fingerprint density at radius 2 is 1.59 bits per heavy atom. The lowest BCUT2D eigenvalue weighted by molar-refractivity contribution is 0.455. The number of aliphatic imine (C=N–C) groups is 1. The summed E-state index contributed by atoms with van der Waals surface area (Å²) in [5.74, 6) is 0.411. The number of allylic oxidation sites excluding steroid dienone is 11. The molecule has 5 aliphatic rings. The molecule has 5 heterocycles. The highest BCUT2D eigenvalue weighted by Crippen LogP contribution is 2.49. The largest absolute Gasteiger partial charge is 0.391 e. The normalized spacial score (nSPS) is 20.6. The highest BCUT2D eigenvalue weighted by Gasteiger charge is 2.28. The fourth-order valence-electron chi connectivity index (χ4n) is 9.67. The molecule has 5 heteroatoms. The van der Waals surface area contributed by atoms with E-state index in [2.05, 4.69) is 167 Å². The van der Waals surface area contributed by atoms with Crippen LogP contribution in [0.2, 0.25) is 0 Å². The molecular formula is C53H46N4S. The van der Waals surface area contributed by atoms with Crippen molar-refractivity contribution in [2.45, 2.75) is 44.6 Å². The summed E-state index contributed by atoms with van der Waals surface area (Å²) in [6, 6.07) is 34.2. The van der Waals surface area contributed by atoms with Crippen LogP contribution in [-0.2, 0) is 0 Å². The van der Waals surface area contributed by atoms with E-state index < -0.39 is 0 Å². The van der Waals surface area contributed by atoms with Gasteiger partial charge in [0.2, 0.25) is 0 Å². The minimum atomic E-state index is 0.200. The van der Waals surface area contributed by atoms with Crippen LogP contribution in [0.4, 0.5) is 0 Å². The van der Waals surface area contributed by atoms with Crippen molar-refractivity contribution in [3.63, 3.8) is 0 Å². The summed E-state index contributed by atoms with van der Waals surface area (Å²) in [5, 5.41) is 10.7. The van der Waals surface area contributed by atoms with E-state index in [1.165, 1.54) is 87.0 Å². The zero-order valence-corrected chi connectivity index (χ0v) is 33.4. The van der Waals surface area contributed by atoms with Gasteiger partial charge >= 0.3 is 0 Å². The highest BCUT2D eigenvalue weighted by atomic mass is 32.1. The first-order valence-electron chi connectivity index (χ1n) is 21.0. The summed E-state index contributed by atoms with van der Waals surface area (Å²) in [6.07, 6.45) is 31.2. The van der Waals surface area contributed by atoms with Crippen molar-refractivity contribution < 1.29 is 0 Å². The summed E-state index contributed by atoms with van der Waals surface area (Å²) >= 11 is 1.98. The van der Waals surface area contributed by atoms with Gasteiger partial charge in [0.15, 0.2) is 0 Å². The third-order valence-electron chi connectivity index (χ3n) is 12.6. The van der Waals surface area contributed by atoms with Crippen molar-refractivity contribution in [3.8, 4) is 11.1 Å². The Hall–Kier alpha value is -6.17. The van der Waals surface area contributed by atoms with Gasteiger partial charge in [-0.2, -0.15) is 0 Å². The smallest absolute Gasteiger partial charge is 0.0650 e. The molecule has 0 saturated carbocycles. The van der Waals surface area contributed by atoms with E-state index in [1.54, 1.807) is 0 Å². The molecule has 3 aliphatic heterocycles. The van der Waals surface area contributed by atoms with Crippen LogP contribution >= 0.6 is 11.3 Å². The summed E-state index contributed by atoms with van der Waals surface area (Å²) in [4.78, 5) is 6.97. The third-order valence-corrected chi connectivity index (χ3v) is 13.9. The molecule has 2 N–H and O–H groups in total. The van der Waals surface area contributed by atoms with Crippen LogP contribution in [0.1, 0.15) is 54.5 Å². The average molecular weight is 771 g/mol. The first-order valence-corrected chi connectivity index (χ1v) is 21.8. The number of dihydropyridines is 2. The van der Waals surface area contributed by atoms with Gasteiger partial charge < -0.3 is 15.2 Å². The van der Waals surface area contributed by atoms with E-state index >= 15 is 0 Å². The fourth-order valence-corrected chi connectivity index (χ4v) is 11.1. The molecule has 4 nitrogen and oxygen atoms in total. The van der Waals surface area contributed by atoms with Crippen LogP contribution in [0.25, 0.3) is 65.4 Å². The molecule has 0 bridgehead atoms. The van der Waals surface area contributed by atoms with Crippen LogP contribution in [-0.4, -0.2) is 29.4 Å². The lowest BCUT2D eigenvalue weighted by Crippen LogP contribution is -2.28. The molecule has 0 amide bonds. The van der Waals surface area contributed by atoms with Gasteiger partial charge in [-0.05, 0) is 120 Å². The predicted octanol–water partition coefficient (Wildman–Crippen LogP) is 12.9. The van der Waals surface area contributed by atoms with Crippen molar-refractivity contribution in [3.05, 3.63) is 180 Å². The quantitative estimate of drug-likeness (QED) is 0.170. The van der Waals surface area contributed by atoms with Crippen molar-refractivity contribution in [2.24, 2.45) is 10.9 Å². The van der Waals surface area contributed by atoms with Crippen molar-refractivity contribution >= 4 is 71.4 Å². The number of benzene rings is 4. The van der Waals surface area contributed by atoms with E-state index in [9.17, 15) is 0 Å². The average Bonchev–Trinajstić information content (AvgIpc) is 3.87. The van der Waals surface area contributed by atoms with Gasteiger partial charge in [0, 0.05) is 56.0 Å². The van der Waals surface area contributed by atoms with E-state index in [0.29, 0.717) is 5.92 Å². The highest BCUT2D eigenvalue weighted by molar-refractivity contribution is 7.21. The molecule has 0 spiro atoms. The molecule has 0 saturated heterocycles. The van der Waals surface area contributed by atoms with Gasteiger partial charge in [0.1, 0.15) is 0 Å². The van der Waals surface area contributed by atoms with E-state index in [-0.39, 0.29) is 6.04 Å². The first-order chi connectivity index (χ1) is 28.8. The second-order valence-corrected chi connectivity index (χ2v) is 17.1. The second kappa shape index (κ2) is 15.0. The monoisotopic (exact) mass is 770 g/mol. The third kappa shape index (κ3) is 6.25. The summed E-state index contributed by atoms with van der Waals surface area (Å²) in [6.45, 7) is 1.86. The van der Waals surface area contributed by atoms with E-state index in [1.807, 2.05) is 17.5 Å². The number of fused-ring (bicyclic) bond motifs is 5. The molecule has 58 heavy (non-hydrogen) atoms. The number of aromatic nitrogens is 1. The minimum Gasteiger partial charge on any atom is -0.391 e. The molecule has 2 aliphatic carbocycles. The Morgan fingerprint density at radius 1 is 0.707 bits per heavy atom. The van der Waals surface area contributed by atoms with Gasteiger partial charge in [-0.1, -0.05) is 115 Å². The Bertz CT molecular complexity index is 2880. The Kier molecular flexibility index (Phi) is 9.04. The lowest BCUT2D eigenvalue weighted by atomic mass is 9.84. The lowest BCUT2D eigenvalue weighted by Gasteiger charge is -2.30. The molecule has 11 rings (SSSR count). The SMILES string of the molecule is C1=CCCC(c2sc3c(ccc4c3c3ccccc3n4C3=CC(C4=NC(C5C=CNCC5)CC(c5ccc(C6=CCNC=C6)cc5)=C4)=CCC3)c2-c2ccccc2)=C1. The Labute approximate surface area is 344 Å². The number of hydrogen-bond acceptors (Lipinski definition) is 4. The van der Waals surface area contributed by atoms with Gasteiger partial charge in [0.05, 0.1) is 22.8 Å². The number of para-hydroxylation sites is 1. The molecule has 2 atom stereocenters. The van der Waals surface area contributed by atoms with Crippen LogP contribution in [0, 0.1) is 5.92 Å². The van der Waals surface area contributed by atoms with Crippen LogP contribution < -0.4 is 10.6 Å². The second-order valence-electron chi connectivity index (χ2n) is 16.1. The van der Waals surface area contributed by atoms with E-state index in [4.69, 9.17) is 4.99 Å². The van der Waals surface area contributed by atoms with Crippen LogP contribution in [0.5, 0.6) is 0 Å². The maximum absolute atomic E-state index is 5.57. The molecule has 4 aromatic carbocycles. The topological polar surface area (TPSA) is 41.4 Å². The standard InChI is InChI=1S/C53H46N4S/c1-3-10-39(11-4-1)50-45-22-23-49-51(53(45)58-52(50)40-12-5-2-6-13-40)44-16-7-8-17-48(44)57(49)43-15-9-14-41(32-43)47-34-42(33-46(56-47)38-26-30-55-31-27-38)36-20-18-35(19-21-36)37-24-28-54-29-25-37/h1-5,7-8,10-12,14,16-26,28,30,32,34,38,46,54-55H,6,9,13,15,27,29,31,33H2. The maximum atomic E-state index is 5.57. The molecule has 2 unspecified atom stereocenters. The number of hydrogen-bond donors (Lipinski definition) is 2. The van der Waals surface area contributed by atoms with Crippen molar-refractivity contribution in [1.29, 1.82) is 0 Å². The number of nitrogens with one attached hydrogen (secondary N) is 2. The maximum Gasteiger partial charge on any atom is 0.0650 e.